The Morgan fingerprint density at radius 1 is 0.963 bits per heavy atom. The molecule has 2 atom stereocenters. The second-order valence-electron chi connectivity index (χ2n) is 6.76. The molecule has 6 nitrogen and oxygen atoms in total. The van der Waals surface area contributed by atoms with Crippen molar-refractivity contribution in [1.82, 2.24) is 10.6 Å². The molecule has 2 rings (SSSR count). The molecular weight excluding hydrogens is 342 g/mol. The van der Waals surface area contributed by atoms with Gasteiger partial charge in [0.25, 0.3) is 0 Å². The highest BCUT2D eigenvalue weighted by Gasteiger charge is 2.23. The Labute approximate surface area is 159 Å². The number of aryl methyl sites for hydroxylation is 2. The molecule has 5 N–H and O–H groups in total. The van der Waals surface area contributed by atoms with Crippen molar-refractivity contribution in [2.75, 3.05) is 6.61 Å². The van der Waals surface area contributed by atoms with E-state index in [2.05, 4.69) is 10.6 Å². The number of carbonyl (C=O) groups excluding carboxylic acids is 2. The number of primary amides is 1. The lowest BCUT2D eigenvalue weighted by Gasteiger charge is -2.22. The van der Waals surface area contributed by atoms with Crippen LogP contribution in [0.4, 0.5) is 4.79 Å². The number of hydrogen-bond donors (Lipinski definition) is 4. The van der Waals surface area contributed by atoms with Gasteiger partial charge < -0.3 is 21.5 Å². The first kappa shape index (κ1) is 20.5. The number of carbonyl (C=O) groups is 2. The molecule has 0 aliphatic rings. The quantitative estimate of drug-likeness (QED) is 0.568. The van der Waals surface area contributed by atoms with Crippen LogP contribution in [0.1, 0.15) is 22.3 Å². The minimum atomic E-state index is -0.807. The Balaban J connectivity index is 2.06. The lowest BCUT2D eigenvalue weighted by molar-refractivity contribution is -0.123. The van der Waals surface area contributed by atoms with Crippen molar-refractivity contribution in [2.45, 2.75) is 38.8 Å². The van der Waals surface area contributed by atoms with E-state index in [0.717, 1.165) is 16.7 Å². The van der Waals surface area contributed by atoms with E-state index in [0.29, 0.717) is 12.8 Å². The van der Waals surface area contributed by atoms with Gasteiger partial charge in [-0.05, 0) is 42.5 Å². The molecule has 6 heteroatoms. The molecule has 2 aromatic carbocycles. The van der Waals surface area contributed by atoms with Crippen molar-refractivity contribution in [2.24, 2.45) is 5.73 Å². The first-order chi connectivity index (χ1) is 12.9. The summed E-state index contributed by atoms with van der Waals surface area (Å²) in [6.45, 7) is 3.86. The Morgan fingerprint density at radius 2 is 1.67 bits per heavy atom. The molecule has 0 saturated carbocycles. The Hall–Kier alpha value is -2.86. The normalized spacial score (nSPS) is 12.9. The molecule has 0 spiro atoms. The second kappa shape index (κ2) is 9.73. The van der Waals surface area contributed by atoms with Crippen molar-refractivity contribution < 1.29 is 14.7 Å². The van der Waals surface area contributed by atoms with Crippen molar-refractivity contribution in [3.8, 4) is 0 Å². The summed E-state index contributed by atoms with van der Waals surface area (Å²) in [6.07, 6.45) is 0.815. The topological polar surface area (TPSA) is 104 Å². The highest BCUT2D eigenvalue weighted by atomic mass is 16.3. The van der Waals surface area contributed by atoms with E-state index in [9.17, 15) is 14.7 Å². The molecule has 0 aliphatic heterocycles. The molecule has 0 radical (unpaired) electrons. The summed E-state index contributed by atoms with van der Waals surface area (Å²) in [5, 5.41) is 15.0. The van der Waals surface area contributed by atoms with Gasteiger partial charge in [-0.1, -0.05) is 48.5 Å². The van der Waals surface area contributed by atoms with Crippen molar-refractivity contribution >= 4 is 11.9 Å². The zero-order chi connectivity index (χ0) is 19.8. The molecule has 3 amide bonds. The fourth-order valence-electron chi connectivity index (χ4n) is 2.91. The average Bonchev–Trinajstić information content (AvgIpc) is 2.64. The number of hydrogen-bond acceptors (Lipinski definition) is 3. The van der Waals surface area contributed by atoms with Gasteiger partial charge in [0.2, 0.25) is 5.91 Å². The molecule has 2 aromatic rings. The van der Waals surface area contributed by atoms with Gasteiger partial charge in [-0.25, -0.2) is 4.79 Å². The van der Waals surface area contributed by atoms with Crippen LogP contribution in [0.2, 0.25) is 0 Å². The number of benzene rings is 2. The molecule has 27 heavy (non-hydrogen) atoms. The highest BCUT2D eigenvalue weighted by molar-refractivity contribution is 5.87. The monoisotopic (exact) mass is 369 g/mol. The SMILES string of the molecule is Cc1ccc(CC(CO)NC(=O)C(Cc2ccccc2)NC(N)=O)cc1C. The van der Waals surface area contributed by atoms with Crippen LogP contribution in [0.15, 0.2) is 48.5 Å². The number of urea groups is 1. The maximum Gasteiger partial charge on any atom is 0.312 e. The van der Waals surface area contributed by atoms with Crippen LogP contribution in [0.3, 0.4) is 0 Å². The van der Waals surface area contributed by atoms with Crippen LogP contribution in [0.5, 0.6) is 0 Å². The average molecular weight is 369 g/mol. The summed E-state index contributed by atoms with van der Waals surface area (Å²) >= 11 is 0. The molecular formula is C21H27N3O3. The standard InChI is InChI=1S/C21H27N3O3/c1-14-8-9-17(10-15(14)2)11-18(13-25)23-20(26)19(24-21(22)27)12-16-6-4-3-5-7-16/h3-10,18-19,25H,11-13H2,1-2H3,(H,23,26)(H3,22,24,27). The number of aliphatic hydroxyl groups excluding tert-OH is 1. The Kier molecular flexibility index (Phi) is 7.37. The summed E-state index contributed by atoms with van der Waals surface area (Å²) in [7, 11) is 0. The molecule has 144 valence electrons. The molecule has 0 saturated heterocycles. The maximum atomic E-state index is 12.7. The highest BCUT2D eigenvalue weighted by Crippen LogP contribution is 2.12. The van der Waals surface area contributed by atoms with Crippen molar-refractivity contribution in [3.63, 3.8) is 0 Å². The third-order valence-electron chi connectivity index (χ3n) is 4.54. The third-order valence-corrected chi connectivity index (χ3v) is 4.54. The fourth-order valence-corrected chi connectivity index (χ4v) is 2.91. The third kappa shape index (κ3) is 6.42. The summed E-state index contributed by atoms with van der Waals surface area (Å²) in [5.41, 5.74) is 9.51. The van der Waals surface area contributed by atoms with Crippen LogP contribution in [-0.2, 0) is 17.6 Å². The number of rotatable bonds is 8. The van der Waals surface area contributed by atoms with E-state index in [1.807, 2.05) is 62.4 Å². The van der Waals surface area contributed by atoms with Gasteiger partial charge in [-0.15, -0.1) is 0 Å². The molecule has 0 fully saturated rings. The van der Waals surface area contributed by atoms with Crippen LogP contribution in [-0.4, -0.2) is 35.7 Å². The second-order valence-corrected chi connectivity index (χ2v) is 6.76. The zero-order valence-corrected chi connectivity index (χ0v) is 15.7. The number of nitrogens with one attached hydrogen (secondary N) is 2. The fraction of sp³-hybridized carbons (Fsp3) is 0.333. The molecule has 0 bridgehead atoms. The largest absolute Gasteiger partial charge is 0.394 e. The first-order valence-corrected chi connectivity index (χ1v) is 8.96. The molecule has 0 aliphatic carbocycles. The van der Waals surface area contributed by atoms with Crippen LogP contribution >= 0.6 is 0 Å². The van der Waals surface area contributed by atoms with Crippen molar-refractivity contribution in [1.29, 1.82) is 0 Å². The number of nitrogens with two attached hydrogens (primary N) is 1. The Morgan fingerprint density at radius 3 is 2.26 bits per heavy atom. The Bertz CT molecular complexity index is 777. The van der Waals surface area contributed by atoms with Gasteiger partial charge in [0.15, 0.2) is 0 Å². The van der Waals surface area contributed by atoms with Gasteiger partial charge in [-0.2, -0.15) is 0 Å². The minimum absolute atomic E-state index is 0.201. The van der Waals surface area contributed by atoms with Crippen molar-refractivity contribution in [3.05, 3.63) is 70.8 Å². The minimum Gasteiger partial charge on any atom is -0.394 e. The van der Waals surface area contributed by atoms with Gasteiger partial charge in [0, 0.05) is 6.42 Å². The maximum absolute atomic E-state index is 12.7. The molecule has 0 aromatic heterocycles. The van der Waals surface area contributed by atoms with Gasteiger partial charge >= 0.3 is 6.03 Å². The van der Waals surface area contributed by atoms with Gasteiger partial charge in [0.05, 0.1) is 12.6 Å². The van der Waals surface area contributed by atoms with Crippen LogP contribution < -0.4 is 16.4 Å². The van der Waals surface area contributed by atoms with Crippen LogP contribution in [0.25, 0.3) is 0 Å². The summed E-state index contributed by atoms with van der Waals surface area (Å²) in [5.74, 6) is -0.375. The zero-order valence-electron chi connectivity index (χ0n) is 15.7. The molecule has 2 unspecified atom stereocenters. The summed E-state index contributed by atoms with van der Waals surface area (Å²) in [4.78, 5) is 24.0. The van der Waals surface area contributed by atoms with E-state index >= 15 is 0 Å². The number of aliphatic hydroxyl groups is 1. The van der Waals surface area contributed by atoms with E-state index < -0.39 is 18.1 Å². The van der Waals surface area contributed by atoms with E-state index in [-0.39, 0.29) is 12.5 Å². The summed E-state index contributed by atoms with van der Waals surface area (Å²) < 4.78 is 0. The smallest absolute Gasteiger partial charge is 0.312 e. The van der Waals surface area contributed by atoms with Crippen LogP contribution in [0, 0.1) is 13.8 Å². The van der Waals surface area contributed by atoms with E-state index in [1.165, 1.54) is 5.56 Å². The summed E-state index contributed by atoms with van der Waals surface area (Å²) in [6, 6.07) is 13.4. The van der Waals surface area contributed by atoms with Gasteiger partial charge in [0.1, 0.15) is 6.04 Å². The number of amides is 3. The van der Waals surface area contributed by atoms with E-state index in [1.54, 1.807) is 0 Å². The van der Waals surface area contributed by atoms with E-state index in [4.69, 9.17) is 5.73 Å². The predicted octanol–water partition coefficient (Wildman–Crippen LogP) is 1.60. The predicted molar refractivity (Wildman–Crippen MR) is 105 cm³/mol. The lowest BCUT2D eigenvalue weighted by atomic mass is 10.0. The van der Waals surface area contributed by atoms with Gasteiger partial charge in [-0.3, -0.25) is 4.79 Å². The molecule has 0 heterocycles. The lowest BCUT2D eigenvalue weighted by Crippen LogP contribution is -2.53. The first-order valence-electron chi connectivity index (χ1n) is 8.96.